The van der Waals surface area contributed by atoms with Crippen LogP contribution in [0, 0.1) is 13.8 Å². The molecule has 29 heavy (non-hydrogen) atoms. The van der Waals surface area contributed by atoms with Crippen molar-refractivity contribution in [2.75, 3.05) is 14.2 Å². The third kappa shape index (κ3) is 6.27. The first-order valence-corrected chi connectivity index (χ1v) is 10.6. The fraction of sp³-hybridized carbons (Fsp3) is 0.429. The van der Waals surface area contributed by atoms with Crippen molar-refractivity contribution in [2.45, 2.75) is 51.1 Å². The molecule has 0 radical (unpaired) electrons. The second-order valence-electron chi connectivity index (χ2n) is 8.02. The third-order valence-corrected chi connectivity index (χ3v) is 5.06. The van der Waals surface area contributed by atoms with E-state index in [1.54, 1.807) is 20.4 Å². The summed E-state index contributed by atoms with van der Waals surface area (Å²) < 4.78 is 23.3. The molecule has 158 valence electrons. The number of hydrogen-bond acceptors (Lipinski definition) is 5. The molecule has 2 heterocycles. The standard InChI is InChI=1S/C17H19N3O3S.C4H11N/c1-10-8-18-15(11(2)16(10)23-4)9-24(21)17-19-13-6-5-12(22-3)7-14(13)20-17;1-4(2,3)5/h5-8H,9H2,1-4H3,(H,19,20);5H2,1-3H3/p+1. The van der Waals surface area contributed by atoms with Gasteiger partial charge in [-0.3, -0.25) is 9.19 Å². The molecule has 4 N–H and O–H groups in total. The average Bonchev–Trinajstić information content (AvgIpc) is 3.06. The number of hydrogen-bond donors (Lipinski definition) is 2. The van der Waals surface area contributed by atoms with E-state index in [1.165, 1.54) is 0 Å². The maximum Gasteiger partial charge on any atom is 0.197 e. The minimum atomic E-state index is -1.33. The van der Waals surface area contributed by atoms with E-state index in [9.17, 15) is 4.21 Å². The molecule has 3 aromatic rings. The number of aryl methyl sites for hydroxylation is 1. The Morgan fingerprint density at radius 2 is 1.83 bits per heavy atom. The monoisotopic (exact) mass is 419 g/mol. The molecule has 0 bridgehead atoms. The zero-order valence-electron chi connectivity index (χ0n) is 18.3. The summed E-state index contributed by atoms with van der Waals surface area (Å²) in [7, 11) is 1.91. The van der Waals surface area contributed by atoms with Crippen LogP contribution < -0.4 is 15.2 Å². The van der Waals surface area contributed by atoms with E-state index in [0.717, 1.165) is 39.4 Å². The van der Waals surface area contributed by atoms with Gasteiger partial charge < -0.3 is 20.2 Å². The van der Waals surface area contributed by atoms with E-state index < -0.39 is 10.8 Å². The number of fused-ring (bicyclic) bond motifs is 1. The minimum Gasteiger partial charge on any atom is -0.497 e. The number of H-pyrrole nitrogens is 1. The number of rotatable bonds is 5. The molecule has 8 heteroatoms. The molecule has 0 amide bonds. The summed E-state index contributed by atoms with van der Waals surface area (Å²) in [6.07, 6.45) is 1.74. The molecule has 0 aliphatic rings. The molecular formula is C21H31N4O3S+. The van der Waals surface area contributed by atoms with Crippen molar-refractivity contribution in [2.24, 2.45) is 0 Å². The molecule has 0 saturated heterocycles. The summed E-state index contributed by atoms with van der Waals surface area (Å²) in [5.74, 6) is 1.79. The number of imidazole rings is 1. The molecule has 1 unspecified atom stereocenters. The number of quaternary nitrogens is 1. The predicted molar refractivity (Wildman–Crippen MR) is 116 cm³/mol. The van der Waals surface area contributed by atoms with Gasteiger partial charge in [0.05, 0.1) is 53.0 Å². The third-order valence-electron chi connectivity index (χ3n) is 3.90. The van der Waals surface area contributed by atoms with Crippen LogP contribution in [0.15, 0.2) is 29.6 Å². The molecule has 0 spiro atoms. The first-order chi connectivity index (χ1) is 13.5. The van der Waals surface area contributed by atoms with Gasteiger partial charge in [-0.2, -0.15) is 0 Å². The fourth-order valence-electron chi connectivity index (χ4n) is 2.61. The maximum atomic E-state index is 12.7. The van der Waals surface area contributed by atoms with Crippen LogP contribution in [0.25, 0.3) is 11.0 Å². The van der Waals surface area contributed by atoms with E-state index in [2.05, 4.69) is 41.5 Å². The van der Waals surface area contributed by atoms with Crippen molar-refractivity contribution in [3.8, 4) is 11.5 Å². The van der Waals surface area contributed by atoms with Crippen LogP contribution in [0.5, 0.6) is 11.5 Å². The van der Waals surface area contributed by atoms with Crippen molar-refractivity contribution in [3.05, 3.63) is 41.2 Å². The van der Waals surface area contributed by atoms with Gasteiger partial charge in [0.2, 0.25) is 0 Å². The Morgan fingerprint density at radius 1 is 1.17 bits per heavy atom. The predicted octanol–water partition coefficient (Wildman–Crippen LogP) is 2.93. The van der Waals surface area contributed by atoms with Crippen molar-refractivity contribution in [1.82, 2.24) is 15.0 Å². The van der Waals surface area contributed by atoms with Gasteiger partial charge in [0, 0.05) is 23.4 Å². The molecule has 7 nitrogen and oxygen atoms in total. The fourth-order valence-corrected chi connectivity index (χ4v) is 3.71. The highest BCUT2D eigenvalue weighted by molar-refractivity contribution is 7.84. The van der Waals surface area contributed by atoms with Crippen LogP contribution in [0.4, 0.5) is 0 Å². The highest BCUT2D eigenvalue weighted by atomic mass is 32.2. The quantitative estimate of drug-likeness (QED) is 0.662. The van der Waals surface area contributed by atoms with Crippen molar-refractivity contribution in [3.63, 3.8) is 0 Å². The summed E-state index contributed by atoms with van der Waals surface area (Å²) in [4.78, 5) is 11.9. The molecule has 0 fully saturated rings. The number of nitrogens with one attached hydrogen (secondary N) is 1. The summed E-state index contributed by atoms with van der Waals surface area (Å²) in [5.41, 5.74) is 8.18. The van der Waals surface area contributed by atoms with E-state index in [1.807, 2.05) is 32.0 Å². The maximum absolute atomic E-state index is 12.7. The lowest BCUT2D eigenvalue weighted by molar-refractivity contribution is -0.458. The Hall–Kier alpha value is -2.45. The highest BCUT2D eigenvalue weighted by Crippen LogP contribution is 2.26. The van der Waals surface area contributed by atoms with Gasteiger partial charge in [-0.15, -0.1) is 0 Å². The van der Waals surface area contributed by atoms with E-state index in [4.69, 9.17) is 9.47 Å². The Bertz CT molecular complexity index is 1000. The van der Waals surface area contributed by atoms with Crippen molar-refractivity contribution >= 4 is 21.8 Å². The van der Waals surface area contributed by atoms with Crippen LogP contribution >= 0.6 is 0 Å². The summed E-state index contributed by atoms with van der Waals surface area (Å²) in [6.45, 7) is 10.1. The van der Waals surface area contributed by atoms with Crippen LogP contribution in [0.3, 0.4) is 0 Å². The van der Waals surface area contributed by atoms with E-state index in [0.29, 0.717) is 5.16 Å². The lowest BCUT2D eigenvalue weighted by atomic mass is 10.1. The number of aromatic nitrogens is 3. The molecule has 3 rings (SSSR count). The Kier molecular flexibility index (Phi) is 7.37. The average molecular weight is 420 g/mol. The van der Waals surface area contributed by atoms with Crippen LogP contribution in [-0.2, 0) is 16.6 Å². The first kappa shape index (κ1) is 22.8. The Labute approximate surface area is 174 Å². The van der Waals surface area contributed by atoms with E-state index in [-0.39, 0.29) is 11.3 Å². The zero-order chi connectivity index (χ0) is 21.8. The second kappa shape index (κ2) is 9.37. The smallest absolute Gasteiger partial charge is 0.197 e. The molecule has 2 aromatic heterocycles. The Morgan fingerprint density at radius 3 is 2.41 bits per heavy atom. The van der Waals surface area contributed by atoms with Gasteiger partial charge in [-0.1, -0.05) is 0 Å². The second-order valence-corrected chi connectivity index (χ2v) is 9.39. The van der Waals surface area contributed by atoms with Crippen LogP contribution in [-0.4, -0.2) is 38.9 Å². The highest BCUT2D eigenvalue weighted by Gasteiger charge is 2.16. The number of nitrogens with zero attached hydrogens (tertiary/aromatic N) is 2. The number of benzene rings is 1. The number of methoxy groups -OCH3 is 2. The van der Waals surface area contributed by atoms with Crippen LogP contribution in [0.1, 0.15) is 37.6 Å². The molecular weight excluding hydrogens is 388 g/mol. The number of ether oxygens (including phenoxy) is 2. The summed E-state index contributed by atoms with van der Waals surface area (Å²) >= 11 is 0. The van der Waals surface area contributed by atoms with Gasteiger partial charge in [0.1, 0.15) is 11.5 Å². The number of aromatic amines is 1. The minimum absolute atomic E-state index is 0.250. The Balaban J connectivity index is 0.000000537. The molecule has 0 aliphatic heterocycles. The van der Waals surface area contributed by atoms with Crippen molar-refractivity contribution in [1.29, 1.82) is 0 Å². The zero-order valence-corrected chi connectivity index (χ0v) is 19.1. The molecule has 0 aliphatic carbocycles. The van der Waals surface area contributed by atoms with Crippen molar-refractivity contribution < 1.29 is 19.4 Å². The lowest BCUT2D eigenvalue weighted by Gasteiger charge is -2.11. The van der Waals surface area contributed by atoms with Gasteiger partial charge in [-0.05, 0) is 46.8 Å². The SMILES string of the molecule is CC(C)(C)[NH3+].COc1ccc2nc(S(=O)Cc3ncc(C)c(OC)c3C)[nH]c2c1. The first-order valence-electron chi connectivity index (χ1n) is 9.30. The van der Waals surface area contributed by atoms with Crippen LogP contribution in [0.2, 0.25) is 0 Å². The van der Waals surface area contributed by atoms with E-state index >= 15 is 0 Å². The molecule has 1 atom stereocenters. The largest absolute Gasteiger partial charge is 0.497 e. The number of pyridine rings is 1. The van der Waals surface area contributed by atoms with Gasteiger partial charge in [-0.25, -0.2) is 4.98 Å². The normalized spacial score (nSPS) is 12.3. The van der Waals surface area contributed by atoms with Gasteiger partial charge >= 0.3 is 0 Å². The van der Waals surface area contributed by atoms with Gasteiger partial charge in [0.25, 0.3) is 0 Å². The topological polar surface area (TPSA) is 105 Å². The van der Waals surface area contributed by atoms with Gasteiger partial charge in [0.15, 0.2) is 5.16 Å². The summed E-state index contributed by atoms with van der Waals surface area (Å²) in [6, 6.07) is 5.50. The molecule has 1 aromatic carbocycles. The lowest BCUT2D eigenvalue weighted by Crippen LogP contribution is -2.67. The molecule has 0 saturated carbocycles. The summed E-state index contributed by atoms with van der Waals surface area (Å²) in [5, 5.41) is 0.430.